The molecular formula is C14H16ClN3O2. The van der Waals surface area contributed by atoms with E-state index in [1.54, 1.807) is 24.3 Å². The van der Waals surface area contributed by atoms with E-state index < -0.39 is 5.56 Å². The molecule has 0 unspecified atom stereocenters. The lowest BCUT2D eigenvalue weighted by molar-refractivity contribution is 0.573. The van der Waals surface area contributed by atoms with Crippen LogP contribution in [0.5, 0.6) is 0 Å². The molecule has 0 aliphatic heterocycles. The van der Waals surface area contributed by atoms with E-state index in [0.717, 1.165) is 16.6 Å². The maximum atomic E-state index is 12.2. The molecule has 20 heavy (non-hydrogen) atoms. The van der Waals surface area contributed by atoms with Crippen LogP contribution in [0, 0.1) is 0 Å². The molecule has 0 saturated carbocycles. The fraction of sp³-hybridized carbons (Fsp3) is 0.286. The van der Waals surface area contributed by atoms with E-state index in [4.69, 9.17) is 17.3 Å². The molecule has 0 amide bonds. The fourth-order valence-corrected chi connectivity index (χ4v) is 2.11. The zero-order chi connectivity index (χ0) is 14.7. The van der Waals surface area contributed by atoms with Crippen molar-refractivity contribution in [3.8, 4) is 0 Å². The monoisotopic (exact) mass is 293 g/mol. The molecule has 1 heterocycles. The Labute approximate surface area is 121 Å². The fourth-order valence-electron chi connectivity index (χ4n) is 1.99. The number of aromatic nitrogens is 2. The van der Waals surface area contributed by atoms with Crippen LogP contribution in [0.3, 0.4) is 0 Å². The Morgan fingerprint density at radius 3 is 2.45 bits per heavy atom. The zero-order valence-corrected chi connectivity index (χ0v) is 11.9. The molecule has 0 aliphatic rings. The van der Waals surface area contributed by atoms with Gasteiger partial charge in [0.2, 0.25) is 0 Å². The predicted molar refractivity (Wildman–Crippen MR) is 80.2 cm³/mol. The first-order valence-electron chi connectivity index (χ1n) is 6.37. The van der Waals surface area contributed by atoms with Crippen molar-refractivity contribution in [2.75, 3.05) is 5.73 Å². The Morgan fingerprint density at radius 2 is 1.85 bits per heavy atom. The minimum absolute atomic E-state index is 0.0759. The summed E-state index contributed by atoms with van der Waals surface area (Å²) in [6, 6.07) is 7.00. The third-order valence-corrected chi connectivity index (χ3v) is 3.23. The molecule has 2 aromatic rings. The van der Waals surface area contributed by atoms with Crippen LogP contribution in [0.2, 0.25) is 5.02 Å². The van der Waals surface area contributed by atoms with Crippen LogP contribution in [0.1, 0.15) is 18.9 Å². The van der Waals surface area contributed by atoms with Gasteiger partial charge in [-0.05, 0) is 24.1 Å². The van der Waals surface area contributed by atoms with Crippen molar-refractivity contribution in [3.05, 3.63) is 61.9 Å². The van der Waals surface area contributed by atoms with Crippen LogP contribution >= 0.6 is 11.6 Å². The quantitative estimate of drug-likeness (QED) is 0.933. The van der Waals surface area contributed by atoms with Crippen LogP contribution in [0.15, 0.2) is 40.1 Å². The van der Waals surface area contributed by atoms with Crippen molar-refractivity contribution in [1.82, 2.24) is 9.13 Å². The van der Waals surface area contributed by atoms with Gasteiger partial charge >= 0.3 is 5.69 Å². The van der Waals surface area contributed by atoms with E-state index in [-0.39, 0.29) is 17.9 Å². The highest BCUT2D eigenvalue weighted by Gasteiger charge is 2.09. The molecule has 0 saturated heterocycles. The Bertz CT molecular complexity index is 717. The summed E-state index contributed by atoms with van der Waals surface area (Å²) < 4.78 is 2.61. The summed E-state index contributed by atoms with van der Waals surface area (Å²) >= 11 is 5.81. The summed E-state index contributed by atoms with van der Waals surface area (Å²) in [4.78, 5) is 24.3. The van der Waals surface area contributed by atoms with Gasteiger partial charge in [0.1, 0.15) is 5.69 Å². The van der Waals surface area contributed by atoms with Crippen LogP contribution in [-0.2, 0) is 13.1 Å². The Morgan fingerprint density at radius 1 is 1.20 bits per heavy atom. The maximum Gasteiger partial charge on any atom is 0.331 e. The number of benzene rings is 1. The summed E-state index contributed by atoms with van der Waals surface area (Å²) in [5.74, 6) is 0. The van der Waals surface area contributed by atoms with Crippen molar-refractivity contribution in [2.45, 2.75) is 26.4 Å². The molecule has 0 bridgehead atoms. The largest absolute Gasteiger partial charge is 0.393 e. The van der Waals surface area contributed by atoms with E-state index in [2.05, 4.69) is 0 Å². The van der Waals surface area contributed by atoms with E-state index in [9.17, 15) is 9.59 Å². The average Bonchev–Trinajstić information content (AvgIpc) is 2.43. The molecule has 5 nitrogen and oxygen atoms in total. The average molecular weight is 294 g/mol. The van der Waals surface area contributed by atoms with Gasteiger partial charge < -0.3 is 5.73 Å². The van der Waals surface area contributed by atoms with Crippen molar-refractivity contribution in [1.29, 1.82) is 0 Å². The molecule has 0 radical (unpaired) electrons. The highest BCUT2D eigenvalue weighted by atomic mass is 35.5. The minimum atomic E-state index is -0.461. The lowest BCUT2D eigenvalue weighted by atomic mass is 10.2. The number of hydrogen-bond donors (Lipinski definition) is 1. The van der Waals surface area contributed by atoms with Crippen molar-refractivity contribution >= 4 is 17.3 Å². The molecule has 0 atom stereocenters. The summed E-state index contributed by atoms with van der Waals surface area (Å²) in [5.41, 5.74) is 5.77. The lowest BCUT2D eigenvalue weighted by Crippen LogP contribution is -2.40. The van der Waals surface area contributed by atoms with E-state index in [1.807, 2.05) is 6.92 Å². The van der Waals surface area contributed by atoms with Gasteiger partial charge in [0.25, 0.3) is 5.56 Å². The predicted octanol–water partition coefficient (Wildman–Crippen LogP) is 1.70. The molecule has 1 aromatic heterocycles. The third kappa shape index (κ3) is 2.93. The molecule has 0 spiro atoms. The third-order valence-electron chi connectivity index (χ3n) is 2.98. The first kappa shape index (κ1) is 14.4. The van der Waals surface area contributed by atoms with E-state index >= 15 is 0 Å². The van der Waals surface area contributed by atoms with Crippen molar-refractivity contribution in [3.63, 3.8) is 0 Å². The van der Waals surface area contributed by atoms with Gasteiger partial charge in [0, 0.05) is 17.8 Å². The topological polar surface area (TPSA) is 70.0 Å². The maximum absolute atomic E-state index is 12.2. The van der Waals surface area contributed by atoms with Crippen LogP contribution in [0.25, 0.3) is 0 Å². The number of aryl methyl sites for hydroxylation is 1. The molecule has 106 valence electrons. The van der Waals surface area contributed by atoms with Gasteiger partial charge in [-0.3, -0.25) is 13.9 Å². The van der Waals surface area contributed by atoms with Gasteiger partial charge in [-0.1, -0.05) is 30.7 Å². The number of hydrogen-bond acceptors (Lipinski definition) is 3. The minimum Gasteiger partial charge on any atom is -0.393 e. The Kier molecular flexibility index (Phi) is 4.29. The SMILES string of the molecule is CCCn1cc(N)c(=O)n(Cc2ccc(Cl)cc2)c1=O. The smallest absolute Gasteiger partial charge is 0.331 e. The normalized spacial score (nSPS) is 10.7. The van der Waals surface area contributed by atoms with Gasteiger partial charge in [-0.2, -0.15) is 0 Å². The second-order valence-corrected chi connectivity index (χ2v) is 5.01. The summed E-state index contributed by atoms with van der Waals surface area (Å²) in [6.07, 6.45) is 2.20. The van der Waals surface area contributed by atoms with E-state index in [0.29, 0.717) is 11.6 Å². The molecule has 2 rings (SSSR count). The second-order valence-electron chi connectivity index (χ2n) is 4.58. The standard InChI is InChI=1S/C14H16ClN3O2/c1-2-7-17-9-12(16)13(19)18(14(17)20)8-10-3-5-11(15)6-4-10/h3-6,9H,2,7-8,16H2,1H3. The van der Waals surface area contributed by atoms with Gasteiger partial charge in [-0.15, -0.1) is 0 Å². The summed E-state index contributed by atoms with van der Waals surface area (Å²) in [7, 11) is 0. The first-order valence-corrected chi connectivity index (χ1v) is 6.75. The number of halogens is 1. The number of nitrogens with two attached hydrogens (primary N) is 1. The molecule has 6 heteroatoms. The lowest BCUT2D eigenvalue weighted by Gasteiger charge is -2.11. The number of anilines is 1. The second kappa shape index (κ2) is 5.96. The van der Waals surface area contributed by atoms with E-state index in [1.165, 1.54) is 10.8 Å². The molecule has 0 fully saturated rings. The summed E-state index contributed by atoms with van der Waals surface area (Å²) in [5, 5.41) is 0.608. The Hall–Kier alpha value is -2.01. The number of rotatable bonds is 4. The van der Waals surface area contributed by atoms with Gasteiger partial charge in [0.05, 0.1) is 6.54 Å². The molecule has 0 aliphatic carbocycles. The highest BCUT2D eigenvalue weighted by Crippen LogP contribution is 2.09. The molecule has 2 N–H and O–H groups in total. The number of nitrogen functional groups attached to an aromatic ring is 1. The van der Waals surface area contributed by atoms with Crippen molar-refractivity contribution < 1.29 is 0 Å². The first-order chi connectivity index (χ1) is 9.52. The van der Waals surface area contributed by atoms with Crippen molar-refractivity contribution in [2.24, 2.45) is 0 Å². The molecular weight excluding hydrogens is 278 g/mol. The highest BCUT2D eigenvalue weighted by molar-refractivity contribution is 6.30. The number of nitrogens with zero attached hydrogens (tertiary/aromatic N) is 2. The summed E-state index contributed by atoms with van der Waals surface area (Å²) in [6.45, 7) is 2.67. The molecule has 1 aromatic carbocycles. The van der Waals surface area contributed by atoms with Gasteiger partial charge in [0.15, 0.2) is 0 Å². The zero-order valence-electron chi connectivity index (χ0n) is 11.2. The van der Waals surface area contributed by atoms with Crippen LogP contribution in [-0.4, -0.2) is 9.13 Å². The Balaban J connectivity index is 2.47. The van der Waals surface area contributed by atoms with Crippen LogP contribution < -0.4 is 17.0 Å². The van der Waals surface area contributed by atoms with Gasteiger partial charge in [-0.25, -0.2) is 4.79 Å². The van der Waals surface area contributed by atoms with Crippen LogP contribution in [0.4, 0.5) is 5.69 Å².